The van der Waals surface area contributed by atoms with Gasteiger partial charge in [-0.15, -0.1) is 6.42 Å². The van der Waals surface area contributed by atoms with Crippen LogP contribution in [0.4, 0.5) is 0 Å². The fourth-order valence-electron chi connectivity index (χ4n) is 2.55. The van der Waals surface area contributed by atoms with Gasteiger partial charge in [0.25, 0.3) is 0 Å². The van der Waals surface area contributed by atoms with Crippen LogP contribution in [0.1, 0.15) is 25.3 Å². The maximum Gasteiger partial charge on any atom is 0.309 e. The molecule has 0 saturated carbocycles. The second kappa shape index (κ2) is 8.23. The van der Waals surface area contributed by atoms with Crippen LogP contribution >= 0.6 is 0 Å². The van der Waals surface area contributed by atoms with Gasteiger partial charge in [-0.05, 0) is 30.5 Å². The summed E-state index contributed by atoms with van der Waals surface area (Å²) in [6.07, 6.45) is 6.47. The van der Waals surface area contributed by atoms with Gasteiger partial charge in [-0.2, -0.15) is 0 Å². The van der Waals surface area contributed by atoms with Gasteiger partial charge in [0, 0.05) is 20.0 Å². The van der Waals surface area contributed by atoms with Gasteiger partial charge in [-0.25, -0.2) is 0 Å². The fraction of sp³-hybridized carbons (Fsp3) is 0.444. The summed E-state index contributed by atoms with van der Waals surface area (Å²) in [7, 11) is 0. The number of ether oxygens (including phenoxy) is 2. The van der Waals surface area contributed by atoms with E-state index in [1.165, 1.54) is 0 Å². The summed E-state index contributed by atoms with van der Waals surface area (Å²) in [5.74, 6) is 2.78. The van der Waals surface area contributed by atoms with Gasteiger partial charge in [0.05, 0.1) is 5.92 Å². The first kappa shape index (κ1) is 16.9. The van der Waals surface area contributed by atoms with Crippen molar-refractivity contribution in [3.63, 3.8) is 0 Å². The Kier molecular flexibility index (Phi) is 6.04. The number of carbonyl (C=O) groups excluding carboxylic acids is 2. The highest BCUT2D eigenvalue weighted by Gasteiger charge is 2.27. The van der Waals surface area contributed by atoms with E-state index in [2.05, 4.69) is 5.92 Å². The molecule has 5 heteroatoms. The first-order chi connectivity index (χ1) is 11.1. The van der Waals surface area contributed by atoms with Crippen molar-refractivity contribution in [3.8, 4) is 18.1 Å². The number of esters is 1. The monoisotopic (exact) mass is 315 g/mol. The molecule has 1 amide bonds. The van der Waals surface area contributed by atoms with Crippen LogP contribution in [-0.2, 0) is 20.9 Å². The number of carbonyl (C=O) groups is 2. The van der Waals surface area contributed by atoms with Crippen molar-refractivity contribution < 1.29 is 19.1 Å². The number of hydrogen-bond acceptors (Lipinski definition) is 4. The zero-order valence-electron chi connectivity index (χ0n) is 13.3. The Labute approximate surface area is 136 Å². The van der Waals surface area contributed by atoms with Crippen LogP contribution < -0.4 is 4.74 Å². The van der Waals surface area contributed by atoms with E-state index in [0.29, 0.717) is 31.7 Å². The van der Waals surface area contributed by atoms with Crippen molar-refractivity contribution in [2.24, 2.45) is 5.92 Å². The molecule has 1 aliphatic rings. The summed E-state index contributed by atoms with van der Waals surface area (Å²) < 4.78 is 10.7. The summed E-state index contributed by atoms with van der Waals surface area (Å²) in [4.78, 5) is 25.2. The van der Waals surface area contributed by atoms with E-state index in [9.17, 15) is 9.59 Å². The number of piperidine rings is 1. The van der Waals surface area contributed by atoms with Crippen LogP contribution in [0.2, 0.25) is 0 Å². The van der Waals surface area contributed by atoms with Crippen LogP contribution in [0.15, 0.2) is 24.3 Å². The third-order valence-electron chi connectivity index (χ3n) is 3.88. The minimum absolute atomic E-state index is 0.0561. The third kappa shape index (κ3) is 5.03. The molecule has 5 nitrogen and oxygen atoms in total. The van der Waals surface area contributed by atoms with Gasteiger partial charge < -0.3 is 14.4 Å². The van der Waals surface area contributed by atoms with Gasteiger partial charge in [0.2, 0.25) is 5.91 Å². The smallest absolute Gasteiger partial charge is 0.309 e. The molecule has 1 aliphatic heterocycles. The number of likely N-dealkylation sites (tertiary alicyclic amines) is 1. The first-order valence-electron chi connectivity index (χ1n) is 7.67. The second-order valence-corrected chi connectivity index (χ2v) is 5.53. The molecule has 23 heavy (non-hydrogen) atoms. The van der Waals surface area contributed by atoms with Gasteiger partial charge in [-0.1, -0.05) is 18.1 Å². The normalized spacial score (nSPS) is 14.9. The summed E-state index contributed by atoms with van der Waals surface area (Å²) >= 11 is 0. The lowest BCUT2D eigenvalue weighted by molar-refractivity contribution is -0.152. The van der Waals surface area contributed by atoms with E-state index in [1.54, 1.807) is 17.9 Å². The third-order valence-corrected chi connectivity index (χ3v) is 3.88. The Morgan fingerprint density at radius 3 is 2.74 bits per heavy atom. The van der Waals surface area contributed by atoms with Gasteiger partial charge in [-0.3, -0.25) is 9.59 Å². The second-order valence-electron chi connectivity index (χ2n) is 5.53. The minimum Gasteiger partial charge on any atom is -0.481 e. The SMILES string of the molecule is C#CCOc1cccc(COC(=O)C2CCN(C(C)=O)CC2)c1. The van der Waals surface area contributed by atoms with E-state index in [4.69, 9.17) is 15.9 Å². The van der Waals surface area contributed by atoms with Crippen LogP contribution in [0.3, 0.4) is 0 Å². The predicted molar refractivity (Wildman–Crippen MR) is 85.5 cm³/mol. The molecule has 0 bridgehead atoms. The Morgan fingerprint density at radius 1 is 1.35 bits per heavy atom. The topological polar surface area (TPSA) is 55.8 Å². The van der Waals surface area contributed by atoms with Crippen molar-refractivity contribution in [1.29, 1.82) is 0 Å². The highest BCUT2D eigenvalue weighted by molar-refractivity contribution is 5.75. The maximum atomic E-state index is 12.1. The van der Waals surface area contributed by atoms with E-state index in [-0.39, 0.29) is 31.0 Å². The molecule has 122 valence electrons. The fourth-order valence-corrected chi connectivity index (χ4v) is 2.55. The standard InChI is InChI=1S/C18H21NO4/c1-3-11-22-17-6-4-5-15(12-17)13-23-18(21)16-7-9-19(10-8-16)14(2)20/h1,4-6,12,16H,7-11,13H2,2H3. The molecule has 1 aromatic carbocycles. The lowest BCUT2D eigenvalue weighted by Crippen LogP contribution is -2.39. The number of nitrogens with zero attached hydrogens (tertiary/aromatic N) is 1. The molecule has 0 aromatic heterocycles. The molecule has 0 atom stereocenters. The van der Waals surface area contributed by atoms with Crippen molar-refractivity contribution in [2.75, 3.05) is 19.7 Å². The quantitative estimate of drug-likeness (QED) is 0.616. The minimum atomic E-state index is -0.205. The Balaban J connectivity index is 1.81. The molecule has 0 unspecified atom stereocenters. The van der Waals surface area contributed by atoms with E-state index in [0.717, 1.165) is 5.56 Å². The van der Waals surface area contributed by atoms with Crippen molar-refractivity contribution >= 4 is 11.9 Å². The van der Waals surface area contributed by atoms with Gasteiger partial charge in [0.1, 0.15) is 19.0 Å². The molecule has 0 N–H and O–H groups in total. The zero-order valence-corrected chi connectivity index (χ0v) is 13.3. The molecule has 1 fully saturated rings. The number of hydrogen-bond donors (Lipinski definition) is 0. The van der Waals surface area contributed by atoms with Crippen LogP contribution in [0.25, 0.3) is 0 Å². The summed E-state index contributed by atoms with van der Waals surface area (Å²) in [6, 6.07) is 7.32. The summed E-state index contributed by atoms with van der Waals surface area (Å²) in [6.45, 7) is 3.19. The number of benzene rings is 1. The predicted octanol–water partition coefficient (Wildman–Crippen LogP) is 2.00. The Morgan fingerprint density at radius 2 is 2.09 bits per heavy atom. The molecular formula is C18H21NO4. The van der Waals surface area contributed by atoms with E-state index in [1.807, 2.05) is 18.2 Å². The Hall–Kier alpha value is -2.48. The van der Waals surface area contributed by atoms with E-state index < -0.39 is 0 Å². The Bertz CT molecular complexity index is 597. The van der Waals surface area contributed by atoms with Gasteiger partial charge in [0.15, 0.2) is 0 Å². The molecule has 1 saturated heterocycles. The summed E-state index contributed by atoms with van der Waals surface area (Å²) in [5, 5.41) is 0. The van der Waals surface area contributed by atoms with Crippen molar-refractivity contribution in [2.45, 2.75) is 26.4 Å². The highest BCUT2D eigenvalue weighted by atomic mass is 16.5. The number of amides is 1. The molecular weight excluding hydrogens is 294 g/mol. The van der Waals surface area contributed by atoms with Gasteiger partial charge >= 0.3 is 5.97 Å². The first-order valence-corrected chi connectivity index (χ1v) is 7.67. The lowest BCUT2D eigenvalue weighted by Gasteiger charge is -2.30. The molecule has 0 radical (unpaired) electrons. The van der Waals surface area contributed by atoms with Crippen LogP contribution in [0, 0.1) is 18.3 Å². The van der Waals surface area contributed by atoms with E-state index >= 15 is 0 Å². The van der Waals surface area contributed by atoms with Crippen LogP contribution in [0.5, 0.6) is 5.75 Å². The van der Waals surface area contributed by atoms with Crippen LogP contribution in [-0.4, -0.2) is 36.5 Å². The molecule has 1 heterocycles. The number of rotatable bonds is 5. The average molecular weight is 315 g/mol. The number of terminal acetylenes is 1. The molecule has 0 aliphatic carbocycles. The van der Waals surface area contributed by atoms with Crippen molar-refractivity contribution in [3.05, 3.63) is 29.8 Å². The largest absolute Gasteiger partial charge is 0.481 e. The maximum absolute atomic E-state index is 12.1. The van der Waals surface area contributed by atoms with Crippen molar-refractivity contribution in [1.82, 2.24) is 4.90 Å². The zero-order chi connectivity index (χ0) is 16.7. The molecule has 2 rings (SSSR count). The summed E-state index contributed by atoms with van der Waals surface area (Å²) in [5.41, 5.74) is 0.856. The average Bonchev–Trinajstić information content (AvgIpc) is 2.58. The lowest BCUT2D eigenvalue weighted by atomic mass is 9.97. The highest BCUT2D eigenvalue weighted by Crippen LogP contribution is 2.20. The molecule has 0 spiro atoms. The molecule has 1 aromatic rings.